The average molecular weight is 561 g/mol. The minimum Gasteiger partial charge on any atom is -0.352 e. The third-order valence-corrected chi connectivity index (χ3v) is 7.22. The van der Waals surface area contributed by atoms with Crippen LogP contribution < -0.4 is 9.62 Å². The van der Waals surface area contributed by atoms with E-state index in [2.05, 4.69) is 5.32 Å². The summed E-state index contributed by atoms with van der Waals surface area (Å²) in [6.45, 7) is 5.59. The van der Waals surface area contributed by atoms with Gasteiger partial charge in [-0.05, 0) is 68.7 Å². The van der Waals surface area contributed by atoms with Crippen LogP contribution in [0, 0.1) is 5.82 Å². The molecule has 0 unspecified atom stereocenters. The van der Waals surface area contributed by atoms with Crippen LogP contribution in [-0.2, 0) is 26.2 Å². The summed E-state index contributed by atoms with van der Waals surface area (Å²) in [7, 11) is -3.66. The number of benzene rings is 2. The van der Waals surface area contributed by atoms with Gasteiger partial charge in [-0.15, -0.1) is 0 Å². The molecule has 2 rings (SSSR count). The molecule has 36 heavy (non-hydrogen) atoms. The van der Waals surface area contributed by atoms with Crippen LogP contribution in [-0.4, -0.2) is 50.0 Å². The lowest BCUT2D eigenvalue weighted by Gasteiger charge is -2.32. The number of nitrogens with one attached hydrogen (secondary N) is 1. The molecule has 0 bridgehead atoms. The Hall–Kier alpha value is -2.36. The summed E-state index contributed by atoms with van der Waals surface area (Å²) in [6.07, 6.45) is 1.61. The molecule has 0 saturated heterocycles. The summed E-state index contributed by atoms with van der Waals surface area (Å²) in [5, 5.41) is 3.68. The van der Waals surface area contributed by atoms with E-state index >= 15 is 0 Å². The average Bonchev–Trinajstić information content (AvgIpc) is 2.77. The molecule has 0 radical (unpaired) electrons. The highest BCUT2D eigenvalue weighted by Gasteiger charge is 2.29. The van der Waals surface area contributed by atoms with Crippen molar-refractivity contribution >= 4 is 50.7 Å². The smallest absolute Gasteiger partial charge is 0.243 e. The molecule has 2 aromatic carbocycles. The maximum atomic E-state index is 13.4. The van der Waals surface area contributed by atoms with Crippen molar-refractivity contribution in [1.29, 1.82) is 0 Å². The SMILES string of the molecule is CC[C@H](C(=O)NC(C)C)N(Cc1ccc(Cl)cc1Cl)C(=O)CCCN(c1ccc(F)cc1)S(C)(=O)=O. The molecule has 0 aromatic heterocycles. The van der Waals surface area contributed by atoms with Crippen LogP contribution >= 0.6 is 23.2 Å². The van der Waals surface area contributed by atoms with Crippen molar-refractivity contribution in [3.05, 3.63) is 63.9 Å². The lowest BCUT2D eigenvalue weighted by molar-refractivity contribution is -0.141. The first-order valence-electron chi connectivity index (χ1n) is 11.6. The topological polar surface area (TPSA) is 86.8 Å². The molecule has 1 N–H and O–H groups in total. The number of nitrogens with zero attached hydrogens (tertiary/aromatic N) is 2. The van der Waals surface area contributed by atoms with E-state index in [0.717, 1.165) is 10.6 Å². The van der Waals surface area contributed by atoms with E-state index in [-0.39, 0.29) is 43.8 Å². The zero-order valence-corrected chi connectivity index (χ0v) is 23.1. The number of hydrogen-bond donors (Lipinski definition) is 1. The van der Waals surface area contributed by atoms with Crippen molar-refractivity contribution in [3.63, 3.8) is 0 Å². The zero-order chi connectivity index (χ0) is 27.0. The predicted octanol–water partition coefficient (Wildman–Crippen LogP) is 5.01. The molecule has 198 valence electrons. The van der Waals surface area contributed by atoms with Gasteiger partial charge in [0.2, 0.25) is 21.8 Å². The van der Waals surface area contributed by atoms with Gasteiger partial charge in [-0.25, -0.2) is 12.8 Å². The van der Waals surface area contributed by atoms with Crippen molar-refractivity contribution in [1.82, 2.24) is 10.2 Å². The second-order valence-electron chi connectivity index (χ2n) is 8.76. The Kier molecular flexibility index (Phi) is 11.0. The van der Waals surface area contributed by atoms with Crippen molar-refractivity contribution in [2.45, 2.75) is 58.7 Å². The molecule has 0 saturated carbocycles. The molecule has 0 fully saturated rings. The second-order valence-corrected chi connectivity index (χ2v) is 11.5. The van der Waals surface area contributed by atoms with Gasteiger partial charge in [0.05, 0.1) is 11.9 Å². The monoisotopic (exact) mass is 559 g/mol. The van der Waals surface area contributed by atoms with E-state index in [9.17, 15) is 22.4 Å². The Morgan fingerprint density at radius 1 is 1.08 bits per heavy atom. The van der Waals surface area contributed by atoms with Crippen LogP contribution in [0.2, 0.25) is 10.0 Å². The Bertz CT molecular complexity index is 1160. The van der Waals surface area contributed by atoms with Gasteiger partial charge >= 0.3 is 0 Å². The van der Waals surface area contributed by atoms with Crippen LogP contribution in [0.5, 0.6) is 0 Å². The minimum atomic E-state index is -3.66. The van der Waals surface area contributed by atoms with E-state index in [1.807, 2.05) is 20.8 Å². The highest BCUT2D eigenvalue weighted by atomic mass is 35.5. The number of sulfonamides is 1. The fourth-order valence-corrected chi connectivity index (χ4v) is 5.18. The molecule has 1 atom stereocenters. The van der Waals surface area contributed by atoms with Crippen LogP contribution in [0.4, 0.5) is 10.1 Å². The van der Waals surface area contributed by atoms with Crippen LogP contribution in [0.1, 0.15) is 45.6 Å². The molecule has 11 heteroatoms. The van der Waals surface area contributed by atoms with Crippen LogP contribution in [0.15, 0.2) is 42.5 Å². The lowest BCUT2D eigenvalue weighted by atomic mass is 10.1. The lowest BCUT2D eigenvalue weighted by Crippen LogP contribution is -2.50. The maximum Gasteiger partial charge on any atom is 0.243 e. The molecule has 0 aliphatic carbocycles. The first-order chi connectivity index (χ1) is 16.8. The van der Waals surface area contributed by atoms with Crippen LogP contribution in [0.25, 0.3) is 0 Å². The van der Waals surface area contributed by atoms with Crippen molar-refractivity contribution in [3.8, 4) is 0 Å². The van der Waals surface area contributed by atoms with Gasteiger partial charge < -0.3 is 10.2 Å². The highest BCUT2D eigenvalue weighted by molar-refractivity contribution is 7.92. The van der Waals surface area contributed by atoms with E-state index in [1.54, 1.807) is 18.2 Å². The van der Waals surface area contributed by atoms with Gasteiger partial charge in [-0.2, -0.15) is 0 Å². The Balaban J connectivity index is 2.25. The maximum absolute atomic E-state index is 13.4. The zero-order valence-electron chi connectivity index (χ0n) is 20.8. The number of carbonyl (C=O) groups excluding carboxylic acids is 2. The highest BCUT2D eigenvalue weighted by Crippen LogP contribution is 2.25. The number of amides is 2. The van der Waals surface area contributed by atoms with Gasteiger partial charge in [0.1, 0.15) is 11.9 Å². The number of anilines is 1. The molecule has 2 aromatic rings. The third-order valence-electron chi connectivity index (χ3n) is 5.44. The summed E-state index contributed by atoms with van der Waals surface area (Å²) >= 11 is 12.3. The first kappa shape index (κ1) is 29.9. The fraction of sp³-hybridized carbons (Fsp3) is 0.440. The standard InChI is InChI=1S/C25H32Cl2FN3O4S/c1-5-23(25(33)29-17(2)3)30(16-18-8-9-19(26)15-22(18)27)24(32)7-6-14-31(36(4,34)35)21-12-10-20(28)11-13-21/h8-13,15,17,23H,5-7,14,16H2,1-4H3,(H,29,33)/t23-/m1/s1. The molecule has 0 aliphatic rings. The Morgan fingerprint density at radius 2 is 1.72 bits per heavy atom. The quantitative estimate of drug-likeness (QED) is 0.396. The number of rotatable bonds is 12. The van der Waals surface area contributed by atoms with Gasteiger partial charge in [0.25, 0.3) is 0 Å². The van der Waals surface area contributed by atoms with Crippen LogP contribution in [0.3, 0.4) is 0 Å². The summed E-state index contributed by atoms with van der Waals surface area (Å²) in [6, 6.07) is 9.18. The molecular formula is C25H32Cl2FN3O4S. The van der Waals surface area contributed by atoms with Gasteiger partial charge in [0, 0.05) is 35.6 Å². The molecule has 0 aliphatic heterocycles. The van der Waals surface area contributed by atoms with Crippen molar-refractivity contribution in [2.24, 2.45) is 0 Å². The number of halogens is 3. The number of hydrogen-bond acceptors (Lipinski definition) is 4. The molecule has 0 spiro atoms. The molecule has 0 heterocycles. The second kappa shape index (κ2) is 13.3. The fourth-order valence-electron chi connectivity index (χ4n) is 3.74. The largest absolute Gasteiger partial charge is 0.352 e. The normalized spacial score (nSPS) is 12.3. The summed E-state index contributed by atoms with van der Waals surface area (Å²) in [5.41, 5.74) is 0.938. The third kappa shape index (κ3) is 8.64. The minimum absolute atomic E-state index is 0.0100. The van der Waals surface area contributed by atoms with Gasteiger partial charge in [-0.3, -0.25) is 13.9 Å². The van der Waals surface area contributed by atoms with E-state index in [0.29, 0.717) is 27.7 Å². The first-order valence-corrected chi connectivity index (χ1v) is 14.2. The summed E-state index contributed by atoms with van der Waals surface area (Å²) in [5.74, 6) is -1.08. The van der Waals surface area contributed by atoms with E-state index in [4.69, 9.17) is 23.2 Å². The summed E-state index contributed by atoms with van der Waals surface area (Å²) in [4.78, 5) is 27.8. The number of carbonyl (C=O) groups is 2. The van der Waals surface area contributed by atoms with E-state index < -0.39 is 21.9 Å². The summed E-state index contributed by atoms with van der Waals surface area (Å²) < 4.78 is 39.1. The van der Waals surface area contributed by atoms with Gasteiger partial charge in [-0.1, -0.05) is 36.2 Å². The molecule has 7 nitrogen and oxygen atoms in total. The Morgan fingerprint density at radius 3 is 2.25 bits per heavy atom. The molecule has 2 amide bonds. The van der Waals surface area contributed by atoms with Crippen molar-refractivity contribution < 1.29 is 22.4 Å². The molecular weight excluding hydrogens is 528 g/mol. The van der Waals surface area contributed by atoms with Gasteiger partial charge in [0.15, 0.2) is 0 Å². The van der Waals surface area contributed by atoms with Crippen molar-refractivity contribution in [2.75, 3.05) is 17.1 Å². The predicted molar refractivity (Wildman–Crippen MR) is 142 cm³/mol. The Labute approximate surface area is 222 Å². The van der Waals surface area contributed by atoms with E-state index in [1.165, 1.54) is 29.2 Å².